The van der Waals surface area contributed by atoms with Crippen LogP contribution in [0.3, 0.4) is 0 Å². The molecule has 8 N–H and O–H groups in total. The zero-order chi connectivity index (χ0) is 30.1. The summed E-state index contributed by atoms with van der Waals surface area (Å²) in [6.45, 7) is 3.75. The number of carboxylic acid groups (broad SMARTS) is 1. The van der Waals surface area contributed by atoms with Gasteiger partial charge in [0.1, 0.15) is 6.04 Å². The summed E-state index contributed by atoms with van der Waals surface area (Å²) in [5.74, 6) is -5.17. The SMILES string of the molecule is CC(C)[C@H](N)C(=O)N(c1ccc(N2C(=O)C=CC2=O)cc1)[C@@H](CCCNC(N)=O)C(N)=O.O=C(O)C(F)(F)F. The Morgan fingerprint density at radius 1 is 1.03 bits per heavy atom. The molecule has 0 aromatic heterocycles. The lowest BCUT2D eigenvalue weighted by Crippen LogP contribution is -2.55. The maximum absolute atomic E-state index is 13.2. The second-order valence-corrected chi connectivity index (χ2v) is 8.49. The van der Waals surface area contributed by atoms with Crippen LogP contribution in [0.25, 0.3) is 0 Å². The van der Waals surface area contributed by atoms with Gasteiger partial charge in [0.2, 0.25) is 11.8 Å². The number of primary amides is 2. The number of carboxylic acids is 1. The molecule has 39 heavy (non-hydrogen) atoms. The van der Waals surface area contributed by atoms with Crippen LogP contribution in [0.1, 0.15) is 26.7 Å². The summed E-state index contributed by atoms with van der Waals surface area (Å²) in [6, 6.07) is 3.37. The molecule has 1 aliphatic heterocycles. The molecule has 0 saturated carbocycles. The Hall–Kier alpha value is -4.47. The molecule has 13 nitrogen and oxygen atoms in total. The second kappa shape index (κ2) is 13.9. The normalized spacial score (nSPS) is 14.4. The van der Waals surface area contributed by atoms with Crippen LogP contribution in [0, 0.1) is 5.92 Å². The van der Waals surface area contributed by atoms with Crippen molar-refractivity contribution >= 4 is 47.0 Å². The van der Waals surface area contributed by atoms with E-state index < -0.39 is 53.9 Å². The van der Waals surface area contributed by atoms with Crippen LogP contribution in [0.2, 0.25) is 0 Å². The van der Waals surface area contributed by atoms with E-state index in [1.165, 1.54) is 29.2 Å². The van der Waals surface area contributed by atoms with Crippen molar-refractivity contribution in [2.45, 2.75) is 44.9 Å². The fourth-order valence-electron chi connectivity index (χ4n) is 3.23. The van der Waals surface area contributed by atoms with Crippen molar-refractivity contribution in [1.82, 2.24) is 5.32 Å². The highest BCUT2D eigenvalue weighted by molar-refractivity contribution is 6.28. The van der Waals surface area contributed by atoms with Gasteiger partial charge in [0.25, 0.3) is 11.8 Å². The van der Waals surface area contributed by atoms with E-state index in [2.05, 4.69) is 5.32 Å². The standard InChI is InChI=1S/C21H28N6O5.C2HF3O2/c1-12(2)18(22)20(31)26(15(19(23)30)4-3-11-25-21(24)32)13-5-7-14(8-6-13)27-16(28)9-10-17(27)29;3-2(4,5)1(6)7/h5-10,12,15,18H,3-4,11,22H2,1-2H3,(H2,23,30)(H3,24,25,32);(H,6,7)/t15-,18-;/m0./s1. The molecule has 0 bridgehead atoms. The molecule has 1 aliphatic rings. The first-order chi connectivity index (χ1) is 18.0. The number of anilines is 2. The lowest BCUT2D eigenvalue weighted by Gasteiger charge is -2.33. The van der Waals surface area contributed by atoms with Gasteiger partial charge in [-0.1, -0.05) is 13.8 Å². The zero-order valence-electron chi connectivity index (χ0n) is 21.0. The number of amides is 6. The highest BCUT2D eigenvalue weighted by atomic mass is 19.4. The number of benzene rings is 1. The molecule has 0 unspecified atom stereocenters. The van der Waals surface area contributed by atoms with Gasteiger partial charge in [0, 0.05) is 24.4 Å². The van der Waals surface area contributed by atoms with Crippen LogP contribution in [0.4, 0.5) is 29.3 Å². The van der Waals surface area contributed by atoms with Crippen LogP contribution >= 0.6 is 0 Å². The molecule has 6 amide bonds. The van der Waals surface area contributed by atoms with Gasteiger partial charge in [-0.2, -0.15) is 13.2 Å². The van der Waals surface area contributed by atoms with Crippen LogP contribution in [-0.2, 0) is 24.0 Å². The molecule has 0 aliphatic carbocycles. The van der Waals surface area contributed by atoms with Gasteiger partial charge in [-0.05, 0) is 43.0 Å². The van der Waals surface area contributed by atoms with E-state index in [0.29, 0.717) is 17.8 Å². The fourth-order valence-corrected chi connectivity index (χ4v) is 3.23. The van der Waals surface area contributed by atoms with Crippen molar-refractivity contribution in [1.29, 1.82) is 0 Å². The summed E-state index contributed by atoms with van der Waals surface area (Å²) in [5, 5.41) is 9.54. The van der Waals surface area contributed by atoms with E-state index in [1.54, 1.807) is 13.8 Å². The third-order valence-corrected chi connectivity index (χ3v) is 5.27. The summed E-state index contributed by atoms with van der Waals surface area (Å²) >= 11 is 0. The Morgan fingerprint density at radius 2 is 1.51 bits per heavy atom. The molecule has 0 fully saturated rings. The third-order valence-electron chi connectivity index (χ3n) is 5.27. The van der Waals surface area contributed by atoms with Gasteiger partial charge >= 0.3 is 18.2 Å². The number of urea groups is 1. The van der Waals surface area contributed by atoms with Crippen molar-refractivity contribution in [2.75, 3.05) is 16.3 Å². The van der Waals surface area contributed by atoms with E-state index in [0.717, 1.165) is 17.1 Å². The number of alkyl halides is 3. The topological polar surface area (TPSA) is 219 Å². The van der Waals surface area contributed by atoms with E-state index in [9.17, 15) is 37.1 Å². The maximum atomic E-state index is 13.2. The van der Waals surface area contributed by atoms with Gasteiger partial charge in [0.05, 0.1) is 11.7 Å². The highest BCUT2D eigenvalue weighted by Gasteiger charge is 2.38. The van der Waals surface area contributed by atoms with Gasteiger partial charge in [-0.3, -0.25) is 24.1 Å². The first-order valence-electron chi connectivity index (χ1n) is 11.4. The molecule has 1 aromatic rings. The van der Waals surface area contributed by atoms with E-state index in [4.69, 9.17) is 27.1 Å². The first kappa shape index (κ1) is 32.6. The molecule has 214 valence electrons. The monoisotopic (exact) mass is 558 g/mol. The van der Waals surface area contributed by atoms with Gasteiger partial charge in [-0.25, -0.2) is 14.5 Å². The smallest absolute Gasteiger partial charge is 0.475 e. The Labute approximate surface area is 220 Å². The average molecular weight is 559 g/mol. The summed E-state index contributed by atoms with van der Waals surface area (Å²) < 4.78 is 31.7. The first-order valence-corrected chi connectivity index (χ1v) is 11.4. The third kappa shape index (κ3) is 9.41. The van der Waals surface area contributed by atoms with Crippen LogP contribution in [0.15, 0.2) is 36.4 Å². The van der Waals surface area contributed by atoms with E-state index in [1.807, 2.05) is 0 Å². The average Bonchev–Trinajstić information content (AvgIpc) is 3.17. The molecule has 0 radical (unpaired) electrons. The van der Waals surface area contributed by atoms with Crippen molar-refractivity contribution < 1.29 is 47.0 Å². The minimum absolute atomic E-state index is 0.154. The molecule has 1 aromatic carbocycles. The lowest BCUT2D eigenvalue weighted by molar-refractivity contribution is -0.192. The Morgan fingerprint density at radius 3 is 1.90 bits per heavy atom. The van der Waals surface area contributed by atoms with Gasteiger partial charge in [-0.15, -0.1) is 0 Å². The molecule has 0 spiro atoms. The van der Waals surface area contributed by atoms with E-state index >= 15 is 0 Å². The predicted molar refractivity (Wildman–Crippen MR) is 132 cm³/mol. The Balaban J connectivity index is 0.000000956. The molecule has 2 rings (SSSR count). The molecule has 1 heterocycles. The molecule has 0 saturated heterocycles. The minimum atomic E-state index is -5.08. The largest absolute Gasteiger partial charge is 0.490 e. The number of aliphatic carboxylic acids is 1. The number of rotatable bonds is 10. The number of nitrogens with zero attached hydrogens (tertiary/aromatic N) is 2. The number of nitrogens with two attached hydrogens (primary N) is 3. The van der Waals surface area contributed by atoms with Crippen LogP contribution in [0.5, 0.6) is 0 Å². The number of halogens is 3. The number of carbonyl (C=O) groups excluding carboxylic acids is 5. The highest BCUT2D eigenvalue weighted by Crippen LogP contribution is 2.27. The molecule has 16 heteroatoms. The summed E-state index contributed by atoms with van der Waals surface area (Å²) in [6.07, 6.45) is -2.27. The minimum Gasteiger partial charge on any atom is -0.475 e. The molecular formula is C23H29F3N6O7. The van der Waals surface area contributed by atoms with Crippen molar-refractivity contribution in [3.05, 3.63) is 36.4 Å². The van der Waals surface area contributed by atoms with Crippen LogP contribution < -0.4 is 32.3 Å². The molecule has 2 atom stereocenters. The van der Waals surface area contributed by atoms with Crippen molar-refractivity contribution in [3.8, 4) is 0 Å². The maximum Gasteiger partial charge on any atom is 0.490 e. The number of imide groups is 1. The quantitative estimate of drug-likeness (QED) is 0.199. The van der Waals surface area contributed by atoms with Crippen LogP contribution in [-0.4, -0.2) is 65.5 Å². The predicted octanol–water partition coefficient (Wildman–Crippen LogP) is 0.368. The Kier molecular flexibility index (Phi) is 11.6. The molecular weight excluding hydrogens is 529 g/mol. The van der Waals surface area contributed by atoms with Crippen molar-refractivity contribution in [2.24, 2.45) is 23.1 Å². The number of hydrogen-bond donors (Lipinski definition) is 5. The second-order valence-electron chi connectivity index (χ2n) is 8.49. The van der Waals surface area contributed by atoms with Gasteiger partial charge in [0.15, 0.2) is 0 Å². The Bertz CT molecular complexity index is 1100. The zero-order valence-corrected chi connectivity index (χ0v) is 21.0. The number of carbonyl (C=O) groups is 6. The number of nitrogens with one attached hydrogen (secondary N) is 1. The van der Waals surface area contributed by atoms with Gasteiger partial charge < -0.3 is 27.6 Å². The summed E-state index contributed by atoms with van der Waals surface area (Å²) in [4.78, 5) is 71.3. The van der Waals surface area contributed by atoms with E-state index in [-0.39, 0.29) is 18.9 Å². The van der Waals surface area contributed by atoms with Crippen molar-refractivity contribution in [3.63, 3.8) is 0 Å². The lowest BCUT2D eigenvalue weighted by atomic mass is 10.0. The summed E-state index contributed by atoms with van der Waals surface area (Å²) in [7, 11) is 0. The fraction of sp³-hybridized carbons (Fsp3) is 0.391. The summed E-state index contributed by atoms with van der Waals surface area (Å²) in [5.41, 5.74) is 17.4. The number of hydrogen-bond acceptors (Lipinski definition) is 7.